The van der Waals surface area contributed by atoms with Crippen LogP contribution in [0.5, 0.6) is 0 Å². The third-order valence-electron chi connectivity index (χ3n) is 3.97. The summed E-state index contributed by atoms with van der Waals surface area (Å²) < 4.78 is 80.6. The van der Waals surface area contributed by atoms with E-state index < -0.39 is 32.3 Å². The lowest BCUT2D eigenvalue weighted by molar-refractivity contribution is -0.137. The Hall–Kier alpha value is -2.68. The first-order chi connectivity index (χ1) is 12.5. The summed E-state index contributed by atoms with van der Waals surface area (Å²) in [6.45, 7) is 1.57. The van der Waals surface area contributed by atoms with E-state index in [2.05, 4.69) is 5.16 Å². The van der Waals surface area contributed by atoms with Crippen LogP contribution in [0.1, 0.15) is 11.3 Å². The van der Waals surface area contributed by atoms with Gasteiger partial charge in [-0.3, -0.25) is 0 Å². The van der Waals surface area contributed by atoms with Crippen molar-refractivity contribution >= 4 is 9.84 Å². The molecule has 4 nitrogen and oxygen atoms in total. The fourth-order valence-corrected chi connectivity index (χ4v) is 3.41. The highest BCUT2D eigenvalue weighted by Gasteiger charge is 2.30. The van der Waals surface area contributed by atoms with Gasteiger partial charge < -0.3 is 4.52 Å². The van der Waals surface area contributed by atoms with Crippen LogP contribution in [0, 0.1) is 12.7 Å². The van der Waals surface area contributed by atoms with Crippen molar-refractivity contribution < 1.29 is 30.5 Å². The summed E-state index contributed by atoms with van der Waals surface area (Å²) >= 11 is 0. The zero-order valence-corrected chi connectivity index (χ0v) is 15.0. The van der Waals surface area contributed by atoms with Gasteiger partial charge in [-0.2, -0.15) is 13.2 Å². The molecular formula is C18H13F4NO3S. The minimum absolute atomic E-state index is 0.229. The molecule has 0 aliphatic rings. The smallest absolute Gasteiger partial charge is 0.360 e. The lowest BCUT2D eigenvalue weighted by atomic mass is 9.98. The number of benzene rings is 2. The van der Waals surface area contributed by atoms with Gasteiger partial charge in [0.2, 0.25) is 0 Å². The minimum Gasteiger partial charge on any atom is -0.360 e. The van der Waals surface area contributed by atoms with Crippen LogP contribution in [0.3, 0.4) is 0 Å². The number of hydrogen-bond acceptors (Lipinski definition) is 4. The Morgan fingerprint density at radius 1 is 1.00 bits per heavy atom. The molecular weight excluding hydrogens is 386 g/mol. The number of rotatable bonds is 3. The third kappa shape index (κ3) is 3.73. The molecule has 0 aliphatic heterocycles. The Labute approximate surface area is 152 Å². The molecule has 0 spiro atoms. The molecule has 3 rings (SSSR count). The molecule has 3 aromatic rings. The first kappa shape index (κ1) is 19.1. The van der Waals surface area contributed by atoms with Gasteiger partial charge in [-0.1, -0.05) is 23.4 Å². The van der Waals surface area contributed by atoms with Gasteiger partial charge in [0.25, 0.3) is 0 Å². The SMILES string of the molecule is Cc1onc(-c2ccc(C(F)(F)F)cc2)c1-c1ccc(S(C)(=O)=O)c(F)c1. The van der Waals surface area contributed by atoms with E-state index in [1.807, 2.05) is 0 Å². The summed E-state index contributed by atoms with van der Waals surface area (Å²) in [5, 5.41) is 3.86. The molecule has 1 heterocycles. The van der Waals surface area contributed by atoms with Crippen molar-refractivity contribution in [3.63, 3.8) is 0 Å². The summed E-state index contributed by atoms with van der Waals surface area (Å²) in [7, 11) is -3.73. The molecule has 1 aromatic heterocycles. The Kier molecular flexibility index (Phi) is 4.59. The maximum absolute atomic E-state index is 14.2. The molecule has 0 fully saturated rings. The normalized spacial score (nSPS) is 12.4. The van der Waals surface area contributed by atoms with Crippen molar-refractivity contribution in [2.45, 2.75) is 18.0 Å². The number of aromatic nitrogens is 1. The number of hydrogen-bond donors (Lipinski definition) is 0. The second-order valence-electron chi connectivity index (χ2n) is 5.95. The average Bonchev–Trinajstić information content (AvgIpc) is 2.94. The zero-order chi connectivity index (χ0) is 20.0. The van der Waals surface area contributed by atoms with E-state index in [0.29, 0.717) is 22.5 Å². The van der Waals surface area contributed by atoms with Gasteiger partial charge in [0.15, 0.2) is 9.84 Å². The first-order valence-corrected chi connectivity index (χ1v) is 9.51. The quantitative estimate of drug-likeness (QED) is 0.589. The van der Waals surface area contributed by atoms with Gasteiger partial charge in [-0.15, -0.1) is 0 Å². The van der Waals surface area contributed by atoms with Crippen LogP contribution in [0.2, 0.25) is 0 Å². The van der Waals surface area contributed by atoms with Crippen LogP contribution in [-0.2, 0) is 16.0 Å². The van der Waals surface area contributed by atoms with E-state index >= 15 is 0 Å². The monoisotopic (exact) mass is 399 g/mol. The van der Waals surface area contributed by atoms with Gasteiger partial charge in [-0.25, -0.2) is 12.8 Å². The number of aryl methyl sites for hydroxylation is 1. The van der Waals surface area contributed by atoms with Gasteiger partial charge in [0.05, 0.1) is 11.1 Å². The van der Waals surface area contributed by atoms with E-state index in [1.54, 1.807) is 6.92 Å². The van der Waals surface area contributed by atoms with Crippen LogP contribution in [0.25, 0.3) is 22.4 Å². The zero-order valence-electron chi connectivity index (χ0n) is 14.1. The molecule has 142 valence electrons. The highest BCUT2D eigenvalue weighted by molar-refractivity contribution is 7.90. The summed E-state index contributed by atoms with van der Waals surface area (Å²) in [6.07, 6.45) is -3.57. The van der Waals surface area contributed by atoms with Crippen molar-refractivity contribution in [1.82, 2.24) is 5.16 Å². The highest BCUT2D eigenvalue weighted by atomic mass is 32.2. The largest absolute Gasteiger partial charge is 0.416 e. The molecule has 0 amide bonds. The Morgan fingerprint density at radius 3 is 2.11 bits per heavy atom. The molecule has 0 N–H and O–H groups in total. The molecule has 0 saturated heterocycles. The molecule has 0 atom stereocenters. The molecule has 0 unspecified atom stereocenters. The summed E-state index contributed by atoms with van der Waals surface area (Å²) in [5.74, 6) is -0.620. The molecule has 2 aromatic carbocycles. The standard InChI is InChI=1S/C18H13F4NO3S/c1-10-16(12-5-8-15(14(19)9-12)27(2,24)25)17(23-26-10)11-3-6-13(7-4-11)18(20,21)22/h3-9H,1-2H3. The van der Waals surface area contributed by atoms with E-state index in [-0.39, 0.29) is 5.69 Å². The topological polar surface area (TPSA) is 60.2 Å². The summed E-state index contributed by atoms with van der Waals surface area (Å²) in [4.78, 5) is -0.448. The second-order valence-corrected chi connectivity index (χ2v) is 7.94. The molecule has 0 aliphatic carbocycles. The Bertz CT molecular complexity index is 1100. The van der Waals surface area contributed by atoms with Gasteiger partial charge >= 0.3 is 6.18 Å². The minimum atomic E-state index is -4.47. The predicted octanol–water partition coefficient (Wildman–Crippen LogP) is 4.88. The van der Waals surface area contributed by atoms with Gasteiger partial charge in [0, 0.05) is 11.8 Å². The number of halogens is 4. The van der Waals surface area contributed by atoms with Crippen molar-refractivity contribution in [2.24, 2.45) is 0 Å². The lowest BCUT2D eigenvalue weighted by Crippen LogP contribution is -2.04. The summed E-state index contributed by atoms with van der Waals surface area (Å²) in [5.41, 5.74) is 0.439. The fraction of sp³-hybridized carbons (Fsp3) is 0.167. The molecule has 27 heavy (non-hydrogen) atoms. The van der Waals surface area contributed by atoms with Crippen LogP contribution in [-0.4, -0.2) is 19.8 Å². The van der Waals surface area contributed by atoms with E-state index in [4.69, 9.17) is 4.52 Å². The van der Waals surface area contributed by atoms with Crippen molar-refractivity contribution in [1.29, 1.82) is 0 Å². The summed E-state index contributed by atoms with van der Waals surface area (Å²) in [6, 6.07) is 7.86. The fourth-order valence-electron chi connectivity index (χ4n) is 2.68. The van der Waals surface area contributed by atoms with Crippen LogP contribution in [0.4, 0.5) is 17.6 Å². The Balaban J connectivity index is 2.10. The number of sulfone groups is 1. The third-order valence-corrected chi connectivity index (χ3v) is 5.10. The van der Waals surface area contributed by atoms with Crippen LogP contribution < -0.4 is 0 Å². The predicted molar refractivity (Wildman–Crippen MR) is 90.2 cm³/mol. The van der Waals surface area contributed by atoms with Crippen molar-refractivity contribution in [3.8, 4) is 22.4 Å². The lowest BCUT2D eigenvalue weighted by Gasteiger charge is -2.08. The maximum Gasteiger partial charge on any atom is 0.416 e. The maximum atomic E-state index is 14.2. The molecule has 9 heteroatoms. The van der Waals surface area contributed by atoms with Crippen LogP contribution in [0.15, 0.2) is 51.9 Å². The van der Waals surface area contributed by atoms with Crippen molar-refractivity contribution in [2.75, 3.05) is 6.26 Å². The Morgan fingerprint density at radius 2 is 1.59 bits per heavy atom. The highest BCUT2D eigenvalue weighted by Crippen LogP contribution is 2.37. The van der Waals surface area contributed by atoms with Gasteiger partial charge in [0.1, 0.15) is 22.2 Å². The molecule has 0 radical (unpaired) electrons. The number of nitrogens with zero attached hydrogens (tertiary/aromatic N) is 1. The average molecular weight is 399 g/mol. The molecule has 0 saturated carbocycles. The number of alkyl halides is 3. The van der Waals surface area contributed by atoms with Crippen molar-refractivity contribution in [3.05, 3.63) is 59.6 Å². The second kappa shape index (κ2) is 6.49. The van der Waals surface area contributed by atoms with E-state index in [0.717, 1.165) is 30.5 Å². The van der Waals surface area contributed by atoms with E-state index in [9.17, 15) is 26.0 Å². The van der Waals surface area contributed by atoms with Crippen LogP contribution >= 0.6 is 0 Å². The van der Waals surface area contributed by atoms with E-state index in [1.165, 1.54) is 18.2 Å². The van der Waals surface area contributed by atoms with Gasteiger partial charge in [-0.05, 0) is 36.8 Å². The molecule has 0 bridgehead atoms. The first-order valence-electron chi connectivity index (χ1n) is 7.62.